The molecule has 0 spiro atoms. The van der Waals surface area contributed by atoms with Gasteiger partial charge in [-0.15, -0.1) is 0 Å². The first-order valence-electron chi connectivity index (χ1n) is 9.15. The smallest absolute Gasteiger partial charge is 0.268 e. The highest BCUT2D eigenvalue weighted by Crippen LogP contribution is 2.21. The van der Waals surface area contributed by atoms with E-state index >= 15 is 0 Å². The number of hydrogen-bond acceptors (Lipinski definition) is 2. The number of benzene rings is 2. The van der Waals surface area contributed by atoms with Gasteiger partial charge in [0, 0.05) is 12.2 Å². The Morgan fingerprint density at radius 1 is 1.07 bits per heavy atom. The first-order chi connectivity index (χ1) is 13.0. The van der Waals surface area contributed by atoms with Crippen LogP contribution in [0.15, 0.2) is 60.7 Å². The molecule has 3 rings (SSSR count). The van der Waals surface area contributed by atoms with E-state index in [1.165, 1.54) is 0 Å². The summed E-state index contributed by atoms with van der Waals surface area (Å²) >= 11 is 0. The number of carbonyl (C=O) groups is 1. The van der Waals surface area contributed by atoms with E-state index in [0.29, 0.717) is 12.2 Å². The summed E-state index contributed by atoms with van der Waals surface area (Å²) in [5.74, 6) is 0.762. The fourth-order valence-corrected chi connectivity index (χ4v) is 3.40. The normalized spacial score (nSPS) is 11.9. The van der Waals surface area contributed by atoms with Gasteiger partial charge in [-0.25, -0.2) is 0 Å². The maximum Gasteiger partial charge on any atom is 0.268 e. The summed E-state index contributed by atoms with van der Waals surface area (Å²) in [6.45, 7) is 6.64. The second-order valence-corrected chi connectivity index (χ2v) is 6.86. The molecule has 0 saturated carbocycles. The number of rotatable bonds is 6. The molecule has 0 aliphatic heterocycles. The van der Waals surface area contributed by atoms with Gasteiger partial charge in [0.15, 0.2) is 0 Å². The summed E-state index contributed by atoms with van der Waals surface area (Å²) in [6.07, 6.45) is 0. The highest BCUT2D eigenvalue weighted by Gasteiger charge is 2.19. The van der Waals surface area contributed by atoms with Crippen molar-refractivity contribution in [3.8, 4) is 5.75 Å². The summed E-state index contributed by atoms with van der Waals surface area (Å²) < 4.78 is 7.39. The van der Waals surface area contributed by atoms with Crippen LogP contribution in [-0.4, -0.2) is 17.6 Å². The molecule has 0 saturated heterocycles. The molecule has 0 aliphatic carbocycles. The third-order valence-corrected chi connectivity index (χ3v) is 4.83. The molecule has 140 valence electrons. The van der Waals surface area contributed by atoms with Gasteiger partial charge in [0.05, 0.1) is 13.2 Å². The maximum atomic E-state index is 13.0. The molecule has 0 bridgehead atoms. The molecule has 1 aromatic heterocycles. The van der Waals surface area contributed by atoms with E-state index < -0.39 is 0 Å². The first kappa shape index (κ1) is 18.8. The van der Waals surface area contributed by atoms with Gasteiger partial charge in [0.25, 0.3) is 5.91 Å². The van der Waals surface area contributed by atoms with Gasteiger partial charge in [-0.05, 0) is 55.7 Å². The minimum absolute atomic E-state index is 0.0557. The molecule has 27 heavy (non-hydrogen) atoms. The molecule has 4 nitrogen and oxygen atoms in total. The zero-order chi connectivity index (χ0) is 19.4. The van der Waals surface area contributed by atoms with E-state index in [0.717, 1.165) is 28.1 Å². The van der Waals surface area contributed by atoms with Crippen molar-refractivity contribution in [1.29, 1.82) is 0 Å². The lowest BCUT2D eigenvalue weighted by atomic mass is 10.1. The highest BCUT2D eigenvalue weighted by atomic mass is 16.5. The molecule has 2 aromatic carbocycles. The van der Waals surface area contributed by atoms with Crippen LogP contribution in [0.5, 0.6) is 5.75 Å². The van der Waals surface area contributed by atoms with Crippen LogP contribution in [0.4, 0.5) is 0 Å². The van der Waals surface area contributed by atoms with Crippen molar-refractivity contribution in [2.75, 3.05) is 7.11 Å². The summed E-state index contributed by atoms with van der Waals surface area (Å²) in [5.41, 5.74) is 4.93. The molecular weight excluding hydrogens is 336 g/mol. The fraction of sp³-hybridized carbons (Fsp3) is 0.261. The largest absolute Gasteiger partial charge is 0.497 e. The predicted molar refractivity (Wildman–Crippen MR) is 108 cm³/mol. The highest BCUT2D eigenvalue weighted by molar-refractivity contribution is 5.94. The maximum absolute atomic E-state index is 13.0. The van der Waals surface area contributed by atoms with Crippen LogP contribution in [-0.2, 0) is 6.54 Å². The molecule has 1 heterocycles. The van der Waals surface area contributed by atoms with Crippen molar-refractivity contribution < 1.29 is 9.53 Å². The van der Waals surface area contributed by atoms with E-state index in [2.05, 4.69) is 16.0 Å². The summed E-state index contributed by atoms with van der Waals surface area (Å²) in [5, 5.41) is 3.13. The standard InChI is InChI=1S/C23H26N2O2/c1-16-13-17(2)25(15-19-9-8-12-21(14-19)27-4)22(16)23(26)24-18(3)20-10-6-5-7-11-20/h5-14,18H,15H2,1-4H3,(H,24,26). The molecule has 0 radical (unpaired) electrons. The Kier molecular flexibility index (Phi) is 5.65. The van der Waals surface area contributed by atoms with Crippen LogP contribution in [0.25, 0.3) is 0 Å². The predicted octanol–water partition coefficient (Wildman–Crippen LogP) is 4.65. The van der Waals surface area contributed by atoms with E-state index in [1.54, 1.807) is 7.11 Å². The summed E-state index contributed by atoms with van der Waals surface area (Å²) in [6, 6.07) is 19.9. The summed E-state index contributed by atoms with van der Waals surface area (Å²) in [4.78, 5) is 13.0. The minimum atomic E-state index is -0.0569. The van der Waals surface area contributed by atoms with Gasteiger partial charge in [-0.3, -0.25) is 4.79 Å². The molecule has 0 aliphatic rings. The molecular formula is C23H26N2O2. The lowest BCUT2D eigenvalue weighted by molar-refractivity contribution is 0.0930. The molecule has 1 unspecified atom stereocenters. The number of aryl methyl sites for hydroxylation is 2. The number of ether oxygens (including phenoxy) is 1. The SMILES string of the molecule is COc1cccc(Cn2c(C)cc(C)c2C(=O)NC(C)c2ccccc2)c1. The average Bonchev–Trinajstić information content (AvgIpc) is 2.95. The number of hydrogen-bond donors (Lipinski definition) is 1. The Balaban J connectivity index is 1.86. The van der Waals surface area contributed by atoms with Gasteiger partial charge in [-0.1, -0.05) is 42.5 Å². The number of nitrogens with zero attached hydrogens (tertiary/aromatic N) is 1. The van der Waals surface area contributed by atoms with E-state index in [-0.39, 0.29) is 11.9 Å². The zero-order valence-corrected chi connectivity index (χ0v) is 16.3. The van der Waals surface area contributed by atoms with Crippen molar-refractivity contribution in [3.05, 3.63) is 88.7 Å². The van der Waals surface area contributed by atoms with Gasteiger partial charge in [0.2, 0.25) is 0 Å². The number of carbonyl (C=O) groups excluding carboxylic acids is 1. The Hall–Kier alpha value is -3.01. The number of methoxy groups -OCH3 is 1. The molecule has 1 atom stereocenters. The monoisotopic (exact) mass is 362 g/mol. The second kappa shape index (κ2) is 8.12. The Bertz CT molecular complexity index is 929. The van der Waals surface area contributed by atoms with Crippen LogP contribution >= 0.6 is 0 Å². The van der Waals surface area contributed by atoms with Gasteiger partial charge in [0.1, 0.15) is 11.4 Å². The molecule has 3 aromatic rings. The van der Waals surface area contributed by atoms with Crippen LogP contribution in [0.2, 0.25) is 0 Å². The van der Waals surface area contributed by atoms with Crippen molar-refractivity contribution in [3.63, 3.8) is 0 Å². The average molecular weight is 362 g/mol. The number of amides is 1. The van der Waals surface area contributed by atoms with Gasteiger partial charge >= 0.3 is 0 Å². The Morgan fingerprint density at radius 3 is 2.52 bits per heavy atom. The fourth-order valence-electron chi connectivity index (χ4n) is 3.40. The van der Waals surface area contributed by atoms with E-state index in [4.69, 9.17) is 4.74 Å². The topological polar surface area (TPSA) is 43.3 Å². The van der Waals surface area contributed by atoms with E-state index in [1.807, 2.05) is 75.4 Å². The first-order valence-corrected chi connectivity index (χ1v) is 9.15. The molecule has 1 N–H and O–H groups in total. The van der Waals surface area contributed by atoms with Gasteiger partial charge < -0.3 is 14.6 Å². The van der Waals surface area contributed by atoms with Crippen LogP contribution in [0.1, 0.15) is 45.8 Å². The van der Waals surface area contributed by atoms with Crippen LogP contribution < -0.4 is 10.1 Å². The van der Waals surface area contributed by atoms with Crippen molar-refractivity contribution in [1.82, 2.24) is 9.88 Å². The molecule has 4 heteroatoms. The third kappa shape index (κ3) is 4.22. The lowest BCUT2D eigenvalue weighted by Crippen LogP contribution is -2.29. The lowest BCUT2D eigenvalue weighted by Gasteiger charge is -2.17. The quantitative estimate of drug-likeness (QED) is 0.693. The van der Waals surface area contributed by atoms with Crippen molar-refractivity contribution in [2.45, 2.75) is 33.4 Å². The molecule has 1 amide bonds. The van der Waals surface area contributed by atoms with Gasteiger partial charge in [-0.2, -0.15) is 0 Å². The Morgan fingerprint density at radius 2 is 1.81 bits per heavy atom. The zero-order valence-electron chi connectivity index (χ0n) is 16.3. The second-order valence-electron chi connectivity index (χ2n) is 6.86. The summed E-state index contributed by atoms with van der Waals surface area (Å²) in [7, 11) is 1.66. The van der Waals surface area contributed by atoms with Crippen LogP contribution in [0, 0.1) is 13.8 Å². The van der Waals surface area contributed by atoms with E-state index in [9.17, 15) is 4.79 Å². The number of nitrogens with one attached hydrogen (secondary N) is 1. The molecule has 0 fully saturated rings. The van der Waals surface area contributed by atoms with Crippen molar-refractivity contribution >= 4 is 5.91 Å². The third-order valence-electron chi connectivity index (χ3n) is 4.83. The Labute approximate surface area is 160 Å². The number of aromatic nitrogens is 1. The van der Waals surface area contributed by atoms with Crippen LogP contribution in [0.3, 0.4) is 0 Å². The minimum Gasteiger partial charge on any atom is -0.497 e. The van der Waals surface area contributed by atoms with Crippen molar-refractivity contribution in [2.24, 2.45) is 0 Å².